The summed E-state index contributed by atoms with van der Waals surface area (Å²) in [4.78, 5) is 0. The van der Waals surface area contributed by atoms with Gasteiger partial charge in [-0.3, -0.25) is 0 Å². The molecule has 0 radical (unpaired) electrons. The van der Waals surface area contributed by atoms with E-state index in [4.69, 9.17) is 16.9 Å². The predicted molar refractivity (Wildman–Crippen MR) is 53.8 cm³/mol. The maximum atomic E-state index is 12.5. The molecular formula is C9H4BrClF3N. The molecule has 0 atom stereocenters. The lowest BCUT2D eigenvalue weighted by molar-refractivity contribution is -0.137. The summed E-state index contributed by atoms with van der Waals surface area (Å²) in [7, 11) is 0. The number of nitrogens with zero attached hydrogens (tertiary/aromatic N) is 1. The minimum absolute atomic E-state index is 0.166. The molecule has 0 fully saturated rings. The minimum Gasteiger partial charge on any atom is -0.192 e. The van der Waals surface area contributed by atoms with Crippen LogP contribution in [0.3, 0.4) is 0 Å². The highest BCUT2D eigenvalue weighted by molar-refractivity contribution is 9.08. The standard InChI is InChI=1S/C9H4BrClF3N/c10-3-5-1-6(4-15)8(11)7(2-5)9(12,13)14/h1-2H,3H2. The van der Waals surface area contributed by atoms with E-state index in [1.165, 1.54) is 6.07 Å². The third-order valence-corrected chi connectivity index (χ3v) is 2.77. The maximum absolute atomic E-state index is 12.5. The van der Waals surface area contributed by atoms with Crippen LogP contribution in [0.25, 0.3) is 0 Å². The maximum Gasteiger partial charge on any atom is 0.417 e. The molecule has 0 N–H and O–H groups in total. The third-order valence-electron chi connectivity index (χ3n) is 1.71. The van der Waals surface area contributed by atoms with Crippen molar-refractivity contribution in [1.29, 1.82) is 5.26 Å². The van der Waals surface area contributed by atoms with E-state index in [2.05, 4.69) is 15.9 Å². The Morgan fingerprint density at radius 1 is 1.40 bits per heavy atom. The van der Waals surface area contributed by atoms with Gasteiger partial charge in [-0.2, -0.15) is 18.4 Å². The Labute approximate surface area is 97.6 Å². The molecule has 0 bridgehead atoms. The van der Waals surface area contributed by atoms with E-state index in [1.807, 2.05) is 0 Å². The van der Waals surface area contributed by atoms with Crippen molar-refractivity contribution in [2.45, 2.75) is 11.5 Å². The summed E-state index contributed by atoms with van der Waals surface area (Å²) < 4.78 is 37.4. The summed E-state index contributed by atoms with van der Waals surface area (Å²) in [6.45, 7) is 0. The van der Waals surface area contributed by atoms with E-state index in [9.17, 15) is 13.2 Å². The van der Waals surface area contributed by atoms with Crippen molar-refractivity contribution < 1.29 is 13.2 Å². The highest BCUT2D eigenvalue weighted by atomic mass is 79.9. The number of alkyl halides is 4. The average Bonchev–Trinajstić information content (AvgIpc) is 2.16. The lowest BCUT2D eigenvalue weighted by Gasteiger charge is -2.11. The molecule has 0 heterocycles. The monoisotopic (exact) mass is 297 g/mol. The molecule has 0 amide bonds. The fraction of sp³-hybridized carbons (Fsp3) is 0.222. The summed E-state index contributed by atoms with van der Waals surface area (Å²) in [5, 5.41) is 8.30. The van der Waals surface area contributed by atoms with Crippen molar-refractivity contribution in [2.75, 3.05) is 0 Å². The Morgan fingerprint density at radius 2 is 2.00 bits per heavy atom. The molecule has 0 aliphatic carbocycles. The molecular weight excluding hydrogens is 294 g/mol. The Bertz CT molecular complexity index is 423. The largest absolute Gasteiger partial charge is 0.417 e. The average molecular weight is 298 g/mol. The summed E-state index contributed by atoms with van der Waals surface area (Å²) in [6, 6.07) is 3.88. The van der Waals surface area contributed by atoms with Crippen LogP contribution in [-0.2, 0) is 11.5 Å². The molecule has 0 saturated heterocycles. The number of nitriles is 1. The zero-order valence-corrected chi connectivity index (χ0v) is 9.54. The zero-order chi connectivity index (χ0) is 11.6. The lowest BCUT2D eigenvalue weighted by atomic mass is 10.1. The number of hydrogen-bond donors (Lipinski definition) is 0. The molecule has 1 rings (SSSR count). The van der Waals surface area contributed by atoms with Crippen LogP contribution >= 0.6 is 27.5 Å². The molecule has 15 heavy (non-hydrogen) atoms. The zero-order valence-electron chi connectivity index (χ0n) is 7.20. The van der Waals surface area contributed by atoms with Gasteiger partial charge in [-0.25, -0.2) is 0 Å². The van der Waals surface area contributed by atoms with Crippen LogP contribution in [0, 0.1) is 11.3 Å². The SMILES string of the molecule is N#Cc1cc(CBr)cc(C(F)(F)F)c1Cl. The van der Waals surface area contributed by atoms with Gasteiger partial charge in [0.15, 0.2) is 0 Å². The van der Waals surface area contributed by atoms with Crippen molar-refractivity contribution in [1.82, 2.24) is 0 Å². The van der Waals surface area contributed by atoms with Gasteiger partial charge in [0.2, 0.25) is 0 Å². The molecule has 0 unspecified atom stereocenters. The Hall–Kier alpha value is -0.730. The van der Waals surface area contributed by atoms with Crippen molar-refractivity contribution in [3.8, 4) is 6.07 Å². The molecule has 0 spiro atoms. The summed E-state index contributed by atoms with van der Waals surface area (Å²) in [5.74, 6) is 0. The van der Waals surface area contributed by atoms with E-state index >= 15 is 0 Å². The molecule has 0 aliphatic heterocycles. The van der Waals surface area contributed by atoms with Crippen LogP contribution in [0.15, 0.2) is 12.1 Å². The van der Waals surface area contributed by atoms with E-state index in [0.717, 1.165) is 6.07 Å². The van der Waals surface area contributed by atoms with Gasteiger partial charge in [-0.05, 0) is 17.7 Å². The number of halogens is 5. The van der Waals surface area contributed by atoms with Crippen LogP contribution < -0.4 is 0 Å². The summed E-state index contributed by atoms with van der Waals surface area (Å²) in [5.41, 5.74) is -0.776. The topological polar surface area (TPSA) is 23.8 Å². The Morgan fingerprint density at radius 3 is 2.40 bits per heavy atom. The number of hydrogen-bond acceptors (Lipinski definition) is 1. The van der Waals surface area contributed by atoms with Gasteiger partial charge in [-0.1, -0.05) is 27.5 Å². The molecule has 0 aliphatic rings. The lowest BCUT2D eigenvalue weighted by Crippen LogP contribution is -2.07. The highest BCUT2D eigenvalue weighted by Crippen LogP contribution is 2.37. The highest BCUT2D eigenvalue weighted by Gasteiger charge is 2.34. The first-order valence-electron chi connectivity index (χ1n) is 3.76. The number of rotatable bonds is 1. The molecule has 80 valence electrons. The first-order valence-corrected chi connectivity index (χ1v) is 5.25. The first kappa shape index (κ1) is 12.3. The Kier molecular flexibility index (Phi) is 3.63. The van der Waals surface area contributed by atoms with Crippen molar-refractivity contribution in [3.63, 3.8) is 0 Å². The van der Waals surface area contributed by atoms with Gasteiger partial charge in [0, 0.05) is 5.33 Å². The van der Waals surface area contributed by atoms with Gasteiger partial charge in [0.25, 0.3) is 0 Å². The van der Waals surface area contributed by atoms with Crippen LogP contribution in [0.4, 0.5) is 13.2 Å². The number of benzene rings is 1. The Balaban J connectivity index is 3.46. The van der Waals surface area contributed by atoms with Crippen LogP contribution in [0.1, 0.15) is 16.7 Å². The molecule has 1 aromatic rings. The summed E-state index contributed by atoms with van der Waals surface area (Å²) >= 11 is 8.49. The smallest absolute Gasteiger partial charge is 0.192 e. The normalized spacial score (nSPS) is 11.2. The molecule has 6 heteroatoms. The second-order valence-corrected chi connectivity index (χ2v) is 3.69. The van der Waals surface area contributed by atoms with Gasteiger partial charge in [0.05, 0.1) is 16.1 Å². The molecule has 1 nitrogen and oxygen atoms in total. The van der Waals surface area contributed by atoms with Crippen molar-refractivity contribution in [2.24, 2.45) is 0 Å². The van der Waals surface area contributed by atoms with Crippen LogP contribution in [-0.4, -0.2) is 0 Å². The fourth-order valence-corrected chi connectivity index (χ4v) is 1.63. The van der Waals surface area contributed by atoms with Crippen LogP contribution in [0.5, 0.6) is 0 Å². The van der Waals surface area contributed by atoms with Gasteiger partial charge in [0.1, 0.15) is 6.07 Å². The third kappa shape index (κ3) is 2.64. The first-order chi connectivity index (χ1) is 6.90. The van der Waals surface area contributed by atoms with E-state index in [1.54, 1.807) is 6.07 Å². The fourth-order valence-electron chi connectivity index (χ4n) is 1.05. The molecule has 0 saturated carbocycles. The van der Waals surface area contributed by atoms with Crippen molar-refractivity contribution >= 4 is 27.5 Å². The second kappa shape index (κ2) is 4.42. The second-order valence-electron chi connectivity index (χ2n) is 2.75. The van der Waals surface area contributed by atoms with Gasteiger partial charge >= 0.3 is 6.18 Å². The van der Waals surface area contributed by atoms with Crippen molar-refractivity contribution in [3.05, 3.63) is 33.8 Å². The van der Waals surface area contributed by atoms with E-state index in [0.29, 0.717) is 5.56 Å². The summed E-state index contributed by atoms with van der Waals surface area (Å²) in [6.07, 6.45) is -4.54. The van der Waals surface area contributed by atoms with Crippen LogP contribution in [0.2, 0.25) is 5.02 Å². The van der Waals surface area contributed by atoms with Gasteiger partial charge in [-0.15, -0.1) is 0 Å². The van der Waals surface area contributed by atoms with E-state index in [-0.39, 0.29) is 10.9 Å². The minimum atomic E-state index is -4.54. The quantitative estimate of drug-likeness (QED) is 0.715. The molecule has 1 aromatic carbocycles. The predicted octanol–water partition coefficient (Wildman–Crippen LogP) is 4.13. The van der Waals surface area contributed by atoms with E-state index < -0.39 is 16.8 Å². The molecule has 0 aromatic heterocycles. The van der Waals surface area contributed by atoms with Gasteiger partial charge < -0.3 is 0 Å².